The predicted molar refractivity (Wildman–Crippen MR) is 66.7 cm³/mol. The van der Waals surface area contributed by atoms with Gasteiger partial charge in [0, 0.05) is 19.6 Å². The van der Waals surface area contributed by atoms with Crippen molar-refractivity contribution in [2.45, 2.75) is 12.2 Å². The van der Waals surface area contributed by atoms with E-state index >= 15 is 0 Å². The second-order valence-corrected chi connectivity index (χ2v) is 4.93. The van der Waals surface area contributed by atoms with E-state index in [1.54, 1.807) is 11.3 Å². The lowest BCUT2D eigenvalue weighted by Crippen LogP contribution is -2.36. The zero-order valence-electron chi connectivity index (χ0n) is 9.76. The molecule has 2 atom stereocenters. The van der Waals surface area contributed by atoms with Gasteiger partial charge in [-0.1, -0.05) is 0 Å². The van der Waals surface area contributed by atoms with E-state index in [0.29, 0.717) is 19.6 Å². The van der Waals surface area contributed by atoms with Crippen molar-refractivity contribution < 1.29 is 10.2 Å². The van der Waals surface area contributed by atoms with Crippen LogP contribution in [-0.4, -0.2) is 54.9 Å². The number of hydrogen-bond donors (Lipinski definition) is 3. The molecule has 1 aromatic heterocycles. The molecule has 0 aliphatic carbocycles. The smallest absolute Gasteiger partial charge is 0.0922 e. The third-order valence-electron chi connectivity index (χ3n) is 2.22. The molecule has 0 fully saturated rings. The largest absolute Gasteiger partial charge is 0.390 e. The Morgan fingerprint density at radius 1 is 1.38 bits per heavy atom. The number of rotatable bonds is 7. The Balaban J connectivity index is 2.15. The maximum absolute atomic E-state index is 9.76. The van der Waals surface area contributed by atoms with Gasteiger partial charge in [0.05, 0.1) is 12.2 Å². The Labute approximate surface area is 101 Å². The van der Waals surface area contributed by atoms with Crippen LogP contribution in [0.15, 0.2) is 16.8 Å². The first-order chi connectivity index (χ1) is 7.59. The molecule has 0 aliphatic heterocycles. The molecular formula is C11H20N2O2S. The molecule has 1 rings (SSSR count). The zero-order chi connectivity index (χ0) is 12.0. The summed E-state index contributed by atoms with van der Waals surface area (Å²) in [6.07, 6.45) is -0.887. The first-order valence-electron chi connectivity index (χ1n) is 5.33. The van der Waals surface area contributed by atoms with Gasteiger partial charge < -0.3 is 20.4 Å². The minimum Gasteiger partial charge on any atom is -0.390 e. The molecule has 4 nitrogen and oxygen atoms in total. The maximum atomic E-state index is 9.76. The fourth-order valence-corrected chi connectivity index (χ4v) is 2.16. The van der Waals surface area contributed by atoms with Crippen molar-refractivity contribution in [2.24, 2.45) is 0 Å². The number of nitrogens with zero attached hydrogens (tertiary/aromatic N) is 1. The third kappa shape index (κ3) is 5.05. The molecule has 0 saturated heterocycles. The molecule has 3 N–H and O–H groups in total. The number of nitrogens with one attached hydrogen (secondary N) is 1. The van der Waals surface area contributed by atoms with Crippen LogP contribution in [0.1, 0.15) is 11.7 Å². The van der Waals surface area contributed by atoms with E-state index in [2.05, 4.69) is 5.32 Å². The van der Waals surface area contributed by atoms with Crippen molar-refractivity contribution in [1.82, 2.24) is 10.2 Å². The predicted octanol–water partition coefficient (Wildman–Crippen LogP) is 0.294. The summed E-state index contributed by atoms with van der Waals surface area (Å²) in [5, 5.41) is 26.3. The highest BCUT2D eigenvalue weighted by molar-refractivity contribution is 7.07. The van der Waals surface area contributed by atoms with Gasteiger partial charge in [-0.05, 0) is 36.5 Å². The topological polar surface area (TPSA) is 55.7 Å². The molecule has 0 bridgehead atoms. The van der Waals surface area contributed by atoms with Crippen LogP contribution in [0.2, 0.25) is 0 Å². The molecule has 16 heavy (non-hydrogen) atoms. The molecule has 0 aromatic carbocycles. The number of likely N-dealkylation sites (N-methyl/N-ethyl adjacent to an activating group) is 1. The average molecular weight is 244 g/mol. The van der Waals surface area contributed by atoms with Crippen LogP contribution in [0.4, 0.5) is 0 Å². The Kier molecular flexibility index (Phi) is 5.94. The van der Waals surface area contributed by atoms with Crippen LogP contribution in [0.5, 0.6) is 0 Å². The summed E-state index contributed by atoms with van der Waals surface area (Å²) in [5.41, 5.74) is 0.930. The lowest BCUT2D eigenvalue weighted by molar-refractivity contribution is 0.123. The van der Waals surface area contributed by atoms with Crippen molar-refractivity contribution >= 4 is 11.3 Å². The summed E-state index contributed by atoms with van der Waals surface area (Å²) in [5.74, 6) is 0. The highest BCUT2D eigenvalue weighted by Crippen LogP contribution is 2.14. The molecule has 1 heterocycles. The zero-order valence-corrected chi connectivity index (χ0v) is 10.6. The van der Waals surface area contributed by atoms with Gasteiger partial charge in [0.15, 0.2) is 0 Å². The van der Waals surface area contributed by atoms with Gasteiger partial charge in [0.2, 0.25) is 0 Å². The van der Waals surface area contributed by atoms with Crippen molar-refractivity contribution in [1.29, 1.82) is 0 Å². The van der Waals surface area contributed by atoms with Crippen molar-refractivity contribution in [2.75, 3.05) is 33.7 Å². The van der Waals surface area contributed by atoms with E-state index in [1.807, 2.05) is 35.8 Å². The highest BCUT2D eigenvalue weighted by Gasteiger charge is 2.09. The monoisotopic (exact) mass is 244 g/mol. The summed E-state index contributed by atoms with van der Waals surface area (Å²) in [6.45, 7) is 1.60. The van der Waals surface area contributed by atoms with Crippen LogP contribution in [-0.2, 0) is 0 Å². The van der Waals surface area contributed by atoms with E-state index in [-0.39, 0.29) is 0 Å². The normalized spacial score (nSPS) is 15.3. The molecule has 0 amide bonds. The highest BCUT2D eigenvalue weighted by atomic mass is 32.1. The van der Waals surface area contributed by atoms with Crippen LogP contribution in [0.3, 0.4) is 0 Å². The van der Waals surface area contributed by atoms with Gasteiger partial charge in [-0.25, -0.2) is 0 Å². The van der Waals surface area contributed by atoms with Gasteiger partial charge in [-0.15, -0.1) is 0 Å². The minimum absolute atomic E-state index is 0.398. The van der Waals surface area contributed by atoms with Crippen molar-refractivity contribution in [3.8, 4) is 0 Å². The summed E-state index contributed by atoms with van der Waals surface area (Å²) in [4.78, 5) is 1.93. The van der Waals surface area contributed by atoms with E-state index in [0.717, 1.165) is 5.56 Å². The number of aliphatic hydroxyl groups excluding tert-OH is 2. The Bertz CT molecular complexity index is 278. The number of hydrogen-bond acceptors (Lipinski definition) is 5. The van der Waals surface area contributed by atoms with Gasteiger partial charge in [-0.3, -0.25) is 0 Å². The molecule has 92 valence electrons. The van der Waals surface area contributed by atoms with Gasteiger partial charge in [0.25, 0.3) is 0 Å². The summed E-state index contributed by atoms with van der Waals surface area (Å²) in [6, 6.07) is 1.91. The van der Waals surface area contributed by atoms with Crippen LogP contribution in [0.25, 0.3) is 0 Å². The van der Waals surface area contributed by atoms with Gasteiger partial charge in [-0.2, -0.15) is 11.3 Å². The van der Waals surface area contributed by atoms with Crippen LogP contribution >= 0.6 is 11.3 Å². The molecule has 0 radical (unpaired) electrons. The van der Waals surface area contributed by atoms with Gasteiger partial charge >= 0.3 is 0 Å². The van der Waals surface area contributed by atoms with Gasteiger partial charge in [0.1, 0.15) is 0 Å². The molecule has 0 saturated carbocycles. The second kappa shape index (κ2) is 6.98. The van der Waals surface area contributed by atoms with Crippen molar-refractivity contribution in [3.05, 3.63) is 22.4 Å². The van der Waals surface area contributed by atoms with Crippen molar-refractivity contribution in [3.63, 3.8) is 0 Å². The fourth-order valence-electron chi connectivity index (χ4n) is 1.46. The molecule has 0 spiro atoms. The summed E-state index contributed by atoms with van der Waals surface area (Å²) < 4.78 is 0. The Hall–Kier alpha value is -0.460. The number of thiophene rings is 1. The molecule has 2 unspecified atom stereocenters. The minimum atomic E-state index is -0.488. The third-order valence-corrected chi connectivity index (χ3v) is 2.92. The van der Waals surface area contributed by atoms with E-state index in [1.165, 1.54) is 0 Å². The fraction of sp³-hybridized carbons (Fsp3) is 0.636. The Morgan fingerprint density at radius 2 is 2.12 bits per heavy atom. The molecule has 0 aliphatic rings. The summed E-state index contributed by atoms with van der Waals surface area (Å²) in [7, 11) is 3.84. The molecular weight excluding hydrogens is 224 g/mol. The standard InChI is InChI=1S/C11H20N2O2S/c1-13(2)7-10(14)5-12-6-11(15)9-3-4-16-8-9/h3-4,8,10-12,14-15H,5-7H2,1-2H3. The van der Waals surface area contributed by atoms with E-state index in [9.17, 15) is 10.2 Å². The van der Waals surface area contributed by atoms with E-state index < -0.39 is 12.2 Å². The van der Waals surface area contributed by atoms with Crippen LogP contribution < -0.4 is 5.32 Å². The van der Waals surface area contributed by atoms with Crippen LogP contribution in [0, 0.1) is 0 Å². The maximum Gasteiger partial charge on any atom is 0.0922 e. The molecule has 1 aromatic rings. The average Bonchev–Trinajstić information content (AvgIpc) is 2.68. The Morgan fingerprint density at radius 3 is 2.69 bits per heavy atom. The lowest BCUT2D eigenvalue weighted by Gasteiger charge is -2.17. The quantitative estimate of drug-likeness (QED) is 0.645. The molecule has 5 heteroatoms. The lowest BCUT2D eigenvalue weighted by atomic mass is 10.2. The van der Waals surface area contributed by atoms with E-state index in [4.69, 9.17) is 0 Å². The SMILES string of the molecule is CN(C)CC(O)CNCC(O)c1ccsc1. The first kappa shape index (κ1) is 13.6. The second-order valence-electron chi connectivity index (χ2n) is 4.15. The first-order valence-corrected chi connectivity index (χ1v) is 6.27. The summed E-state index contributed by atoms with van der Waals surface area (Å²) >= 11 is 1.57. The number of aliphatic hydroxyl groups is 2.